The van der Waals surface area contributed by atoms with E-state index < -0.39 is 0 Å². The summed E-state index contributed by atoms with van der Waals surface area (Å²) in [6, 6.07) is 12.4. The Kier molecular flexibility index (Phi) is 10.5. The fourth-order valence-electron chi connectivity index (χ4n) is 5.22. The van der Waals surface area contributed by atoms with E-state index in [1.807, 2.05) is 30.3 Å². The van der Waals surface area contributed by atoms with Crippen LogP contribution in [0.5, 0.6) is 0 Å². The van der Waals surface area contributed by atoms with E-state index in [1.54, 1.807) is 0 Å². The number of rotatable bonds is 13. The first-order chi connectivity index (χ1) is 14.1. The van der Waals surface area contributed by atoms with Gasteiger partial charge in [0.25, 0.3) is 0 Å². The number of hydrogen-bond donors (Lipinski definition) is 0. The lowest BCUT2D eigenvalue weighted by atomic mass is 9.65. The number of hydrogen-bond acceptors (Lipinski definition) is 2. The molecule has 2 nitrogen and oxygen atoms in total. The molecule has 29 heavy (non-hydrogen) atoms. The van der Waals surface area contributed by atoms with E-state index in [9.17, 15) is 10.1 Å². The van der Waals surface area contributed by atoms with Crippen LogP contribution in [0.4, 0.5) is 0 Å². The molecule has 1 aliphatic rings. The maximum atomic E-state index is 12.5. The quantitative estimate of drug-likeness (QED) is 0.250. The van der Waals surface area contributed by atoms with E-state index in [2.05, 4.69) is 19.9 Å². The van der Waals surface area contributed by atoms with Crippen molar-refractivity contribution in [1.82, 2.24) is 0 Å². The summed E-state index contributed by atoms with van der Waals surface area (Å²) >= 11 is 0. The number of nitriles is 1. The van der Waals surface area contributed by atoms with Crippen molar-refractivity contribution in [2.45, 2.75) is 104 Å². The number of ketones is 1. The van der Waals surface area contributed by atoms with Crippen LogP contribution in [0.3, 0.4) is 0 Å². The molecule has 1 saturated carbocycles. The summed E-state index contributed by atoms with van der Waals surface area (Å²) in [5, 5.41) is 9.88. The molecule has 0 spiro atoms. The van der Waals surface area contributed by atoms with E-state index in [-0.39, 0.29) is 11.2 Å². The van der Waals surface area contributed by atoms with Gasteiger partial charge in [0.2, 0.25) is 0 Å². The van der Waals surface area contributed by atoms with Crippen molar-refractivity contribution in [1.29, 1.82) is 5.26 Å². The van der Waals surface area contributed by atoms with Crippen LogP contribution < -0.4 is 0 Å². The summed E-state index contributed by atoms with van der Waals surface area (Å²) in [6.07, 6.45) is 16.0. The summed E-state index contributed by atoms with van der Waals surface area (Å²) in [4.78, 5) is 12.5. The standard InChI is InChI=1S/C27H41NO/c1-3-5-6-7-11-19-27(22-28)20-17-24(18-21-27)23(12-4-2)15-16-26(29)25-13-9-8-10-14-25/h8-10,13-14,23-24H,3-7,11-12,15-21H2,1-2H3. The van der Waals surface area contributed by atoms with Crippen LogP contribution in [0.1, 0.15) is 114 Å². The lowest BCUT2D eigenvalue weighted by Crippen LogP contribution is -2.29. The number of nitrogens with zero attached hydrogens (tertiary/aromatic N) is 1. The van der Waals surface area contributed by atoms with Gasteiger partial charge in [-0.05, 0) is 50.4 Å². The van der Waals surface area contributed by atoms with Gasteiger partial charge in [-0.1, -0.05) is 89.1 Å². The van der Waals surface area contributed by atoms with Gasteiger partial charge in [0.05, 0.1) is 11.5 Å². The number of unbranched alkanes of at least 4 members (excludes halogenated alkanes) is 4. The third kappa shape index (κ3) is 7.61. The predicted molar refractivity (Wildman–Crippen MR) is 122 cm³/mol. The Labute approximate surface area is 179 Å². The minimum absolute atomic E-state index is 0.0701. The first kappa shape index (κ1) is 23.7. The highest BCUT2D eigenvalue weighted by molar-refractivity contribution is 5.95. The highest BCUT2D eigenvalue weighted by atomic mass is 16.1. The Morgan fingerprint density at radius 3 is 2.34 bits per heavy atom. The average Bonchev–Trinajstić information content (AvgIpc) is 2.77. The maximum Gasteiger partial charge on any atom is 0.162 e. The highest BCUT2D eigenvalue weighted by Gasteiger charge is 2.37. The molecule has 160 valence electrons. The first-order valence-electron chi connectivity index (χ1n) is 12.1. The van der Waals surface area contributed by atoms with E-state index in [4.69, 9.17) is 0 Å². The van der Waals surface area contributed by atoms with Gasteiger partial charge in [0.1, 0.15) is 0 Å². The molecule has 0 amide bonds. The number of benzene rings is 1. The third-order valence-corrected chi connectivity index (χ3v) is 7.15. The summed E-state index contributed by atoms with van der Waals surface area (Å²) in [5.74, 6) is 1.61. The third-order valence-electron chi connectivity index (χ3n) is 7.15. The molecule has 1 aliphatic carbocycles. The van der Waals surface area contributed by atoms with Crippen molar-refractivity contribution in [2.24, 2.45) is 17.3 Å². The monoisotopic (exact) mass is 395 g/mol. The van der Waals surface area contributed by atoms with Crippen LogP contribution in [-0.2, 0) is 0 Å². The second-order valence-electron chi connectivity index (χ2n) is 9.27. The predicted octanol–water partition coefficient (Wildman–Crippen LogP) is 8.13. The number of Topliss-reactive ketones (excluding diaryl/α,β-unsaturated/α-hetero) is 1. The second-order valence-corrected chi connectivity index (χ2v) is 9.27. The lowest BCUT2D eigenvalue weighted by molar-refractivity contribution is 0.0948. The molecule has 0 aliphatic heterocycles. The molecule has 1 aromatic rings. The van der Waals surface area contributed by atoms with Gasteiger partial charge in [0.15, 0.2) is 5.78 Å². The van der Waals surface area contributed by atoms with Crippen LogP contribution in [0.25, 0.3) is 0 Å². The summed E-state index contributed by atoms with van der Waals surface area (Å²) in [6.45, 7) is 4.50. The van der Waals surface area contributed by atoms with Crippen molar-refractivity contribution >= 4 is 5.78 Å². The molecular weight excluding hydrogens is 354 g/mol. The average molecular weight is 396 g/mol. The molecular formula is C27H41NO. The smallest absolute Gasteiger partial charge is 0.162 e. The molecule has 2 heteroatoms. The minimum Gasteiger partial charge on any atom is -0.294 e. The summed E-state index contributed by atoms with van der Waals surface area (Å²) < 4.78 is 0. The van der Waals surface area contributed by atoms with Gasteiger partial charge in [0, 0.05) is 12.0 Å². The van der Waals surface area contributed by atoms with Gasteiger partial charge in [-0.2, -0.15) is 5.26 Å². The molecule has 0 aromatic heterocycles. The molecule has 1 unspecified atom stereocenters. The molecule has 1 atom stereocenters. The Hall–Kier alpha value is -1.62. The maximum absolute atomic E-state index is 12.5. The normalized spacial score (nSPS) is 22.7. The van der Waals surface area contributed by atoms with Crippen LogP contribution in [0.2, 0.25) is 0 Å². The van der Waals surface area contributed by atoms with Crippen LogP contribution in [-0.4, -0.2) is 5.78 Å². The van der Waals surface area contributed by atoms with Crippen LogP contribution in [0.15, 0.2) is 30.3 Å². The second kappa shape index (κ2) is 12.8. The van der Waals surface area contributed by atoms with Crippen molar-refractivity contribution in [3.63, 3.8) is 0 Å². The highest BCUT2D eigenvalue weighted by Crippen LogP contribution is 2.46. The van der Waals surface area contributed by atoms with Gasteiger partial charge < -0.3 is 0 Å². The van der Waals surface area contributed by atoms with Gasteiger partial charge in [-0.3, -0.25) is 4.79 Å². The molecule has 0 N–H and O–H groups in total. The van der Waals surface area contributed by atoms with E-state index in [0.717, 1.165) is 31.2 Å². The topological polar surface area (TPSA) is 40.9 Å². The Balaban J connectivity index is 1.83. The Bertz CT molecular complexity index is 622. The van der Waals surface area contributed by atoms with Gasteiger partial charge >= 0.3 is 0 Å². The Morgan fingerprint density at radius 1 is 1.03 bits per heavy atom. The zero-order valence-electron chi connectivity index (χ0n) is 18.8. The molecule has 1 fully saturated rings. The van der Waals surface area contributed by atoms with Crippen LogP contribution in [0, 0.1) is 28.6 Å². The SMILES string of the molecule is CCCCCCCC1(C#N)CCC(C(CCC)CCC(=O)c2ccccc2)CC1. The fourth-order valence-corrected chi connectivity index (χ4v) is 5.22. The van der Waals surface area contributed by atoms with Crippen molar-refractivity contribution in [3.8, 4) is 6.07 Å². The van der Waals surface area contributed by atoms with E-state index in [1.165, 1.54) is 57.8 Å². The summed E-state index contributed by atoms with van der Waals surface area (Å²) in [7, 11) is 0. The zero-order chi connectivity index (χ0) is 21.0. The summed E-state index contributed by atoms with van der Waals surface area (Å²) in [5.41, 5.74) is 0.775. The number of carbonyl (C=O) groups is 1. The Morgan fingerprint density at radius 2 is 1.72 bits per heavy atom. The lowest BCUT2D eigenvalue weighted by Gasteiger charge is -2.38. The van der Waals surface area contributed by atoms with Crippen molar-refractivity contribution < 1.29 is 4.79 Å². The number of carbonyl (C=O) groups excluding carboxylic acids is 1. The van der Waals surface area contributed by atoms with Crippen molar-refractivity contribution in [3.05, 3.63) is 35.9 Å². The molecule has 0 bridgehead atoms. The minimum atomic E-state index is -0.0701. The molecule has 2 rings (SSSR count). The van der Waals surface area contributed by atoms with E-state index in [0.29, 0.717) is 18.3 Å². The van der Waals surface area contributed by atoms with Crippen LogP contribution >= 0.6 is 0 Å². The fraction of sp³-hybridized carbons (Fsp3) is 0.704. The van der Waals surface area contributed by atoms with Gasteiger partial charge in [-0.15, -0.1) is 0 Å². The molecule has 1 aromatic carbocycles. The largest absolute Gasteiger partial charge is 0.294 e. The van der Waals surface area contributed by atoms with E-state index >= 15 is 0 Å². The molecule has 0 heterocycles. The molecule has 0 saturated heterocycles. The van der Waals surface area contributed by atoms with Crippen molar-refractivity contribution in [2.75, 3.05) is 0 Å². The zero-order valence-corrected chi connectivity index (χ0v) is 18.8. The van der Waals surface area contributed by atoms with Gasteiger partial charge in [-0.25, -0.2) is 0 Å². The first-order valence-corrected chi connectivity index (χ1v) is 12.1. The molecule has 0 radical (unpaired) electrons.